The zero-order valence-corrected chi connectivity index (χ0v) is 12.1. The molecule has 3 N–H and O–H groups in total. The van der Waals surface area contributed by atoms with E-state index in [1.165, 1.54) is 0 Å². The van der Waals surface area contributed by atoms with E-state index < -0.39 is 5.60 Å². The number of rotatable bonds is 7. The van der Waals surface area contributed by atoms with Crippen molar-refractivity contribution in [3.63, 3.8) is 0 Å². The molecular formula is C13H23N5O2. The van der Waals surface area contributed by atoms with Crippen LogP contribution in [0.2, 0.25) is 0 Å². The number of anilines is 2. The molecule has 0 amide bonds. The average Bonchev–Trinajstić information content (AvgIpc) is 2.85. The van der Waals surface area contributed by atoms with Gasteiger partial charge in [-0.15, -0.1) is 0 Å². The molecule has 1 aliphatic rings. The highest BCUT2D eigenvalue weighted by Crippen LogP contribution is 2.29. The Balaban J connectivity index is 2.05. The van der Waals surface area contributed by atoms with Crippen molar-refractivity contribution in [3.8, 4) is 6.01 Å². The van der Waals surface area contributed by atoms with E-state index in [2.05, 4.69) is 25.6 Å². The maximum Gasteiger partial charge on any atom is 0.323 e. The fourth-order valence-corrected chi connectivity index (χ4v) is 2.32. The van der Waals surface area contributed by atoms with Crippen molar-refractivity contribution in [2.24, 2.45) is 0 Å². The predicted molar refractivity (Wildman–Crippen MR) is 77.1 cm³/mol. The number of aromatic nitrogens is 3. The van der Waals surface area contributed by atoms with Crippen LogP contribution >= 0.6 is 0 Å². The van der Waals surface area contributed by atoms with E-state index in [-0.39, 0.29) is 0 Å². The Kier molecular flexibility index (Phi) is 4.94. The molecule has 0 atom stereocenters. The quantitative estimate of drug-likeness (QED) is 0.696. The molecular weight excluding hydrogens is 258 g/mol. The van der Waals surface area contributed by atoms with Crippen LogP contribution < -0.4 is 15.4 Å². The maximum atomic E-state index is 10.3. The zero-order valence-electron chi connectivity index (χ0n) is 12.1. The first kappa shape index (κ1) is 14.8. The molecule has 1 aromatic rings. The van der Waals surface area contributed by atoms with E-state index in [0.29, 0.717) is 31.1 Å². The number of nitrogens with zero attached hydrogens (tertiary/aromatic N) is 3. The first-order valence-electron chi connectivity index (χ1n) is 7.24. The summed E-state index contributed by atoms with van der Waals surface area (Å²) in [5.41, 5.74) is -0.642. The molecule has 7 heteroatoms. The Morgan fingerprint density at radius 3 is 2.35 bits per heavy atom. The van der Waals surface area contributed by atoms with Gasteiger partial charge in [0.05, 0.1) is 12.2 Å². The summed E-state index contributed by atoms with van der Waals surface area (Å²) in [6.07, 6.45) is 3.79. The van der Waals surface area contributed by atoms with E-state index in [4.69, 9.17) is 4.74 Å². The molecule has 20 heavy (non-hydrogen) atoms. The van der Waals surface area contributed by atoms with Crippen LogP contribution in [-0.2, 0) is 0 Å². The van der Waals surface area contributed by atoms with Crippen molar-refractivity contribution in [2.75, 3.05) is 30.3 Å². The van der Waals surface area contributed by atoms with Crippen LogP contribution in [0.4, 0.5) is 11.9 Å². The van der Waals surface area contributed by atoms with Crippen molar-refractivity contribution in [1.29, 1.82) is 0 Å². The molecule has 1 heterocycles. The monoisotopic (exact) mass is 281 g/mol. The molecule has 1 aliphatic carbocycles. The summed E-state index contributed by atoms with van der Waals surface area (Å²) in [5, 5.41) is 16.4. The Labute approximate surface area is 119 Å². The van der Waals surface area contributed by atoms with Crippen LogP contribution in [-0.4, -0.2) is 45.4 Å². The summed E-state index contributed by atoms with van der Waals surface area (Å²) in [4.78, 5) is 12.6. The summed E-state index contributed by atoms with van der Waals surface area (Å²) in [6.45, 7) is 5.52. The Morgan fingerprint density at radius 2 is 1.75 bits per heavy atom. The van der Waals surface area contributed by atoms with Crippen LogP contribution in [0.15, 0.2) is 0 Å². The fourth-order valence-electron chi connectivity index (χ4n) is 2.32. The molecule has 1 saturated carbocycles. The summed E-state index contributed by atoms with van der Waals surface area (Å²) in [7, 11) is 0. The number of aliphatic hydroxyl groups is 1. The van der Waals surface area contributed by atoms with Gasteiger partial charge in [-0.2, -0.15) is 15.0 Å². The highest BCUT2D eigenvalue weighted by atomic mass is 16.5. The molecule has 2 rings (SSSR count). The molecule has 1 fully saturated rings. The summed E-state index contributed by atoms with van der Waals surface area (Å²) in [5.74, 6) is 0.909. The minimum Gasteiger partial charge on any atom is -0.464 e. The van der Waals surface area contributed by atoms with Crippen LogP contribution in [0.5, 0.6) is 6.01 Å². The lowest BCUT2D eigenvalue weighted by atomic mass is 10.0. The molecule has 1 aromatic heterocycles. The number of nitrogens with one attached hydrogen (secondary N) is 2. The van der Waals surface area contributed by atoms with Gasteiger partial charge in [0, 0.05) is 13.1 Å². The second-order valence-electron chi connectivity index (χ2n) is 5.01. The second-order valence-corrected chi connectivity index (χ2v) is 5.01. The lowest BCUT2D eigenvalue weighted by Crippen LogP contribution is -2.34. The highest BCUT2D eigenvalue weighted by Gasteiger charge is 2.31. The van der Waals surface area contributed by atoms with Gasteiger partial charge in [0.15, 0.2) is 0 Å². The van der Waals surface area contributed by atoms with E-state index >= 15 is 0 Å². The van der Waals surface area contributed by atoms with Crippen LogP contribution in [0.25, 0.3) is 0 Å². The van der Waals surface area contributed by atoms with E-state index in [1.807, 2.05) is 13.8 Å². The summed E-state index contributed by atoms with van der Waals surface area (Å²) < 4.78 is 5.33. The van der Waals surface area contributed by atoms with E-state index in [0.717, 1.165) is 32.2 Å². The van der Waals surface area contributed by atoms with Crippen LogP contribution in [0.3, 0.4) is 0 Å². The lowest BCUT2D eigenvalue weighted by molar-refractivity contribution is 0.0612. The standard InChI is InChI=1S/C13H23N5O2/c1-3-14-10-16-11(18-12(17-10)20-4-2)15-9-13(19)7-5-6-8-13/h19H,3-9H2,1-2H3,(H2,14,15,16,17,18). The molecule has 0 aliphatic heterocycles. The Bertz CT molecular complexity index is 411. The van der Waals surface area contributed by atoms with Gasteiger partial charge in [-0.25, -0.2) is 0 Å². The molecule has 112 valence electrons. The number of ether oxygens (including phenoxy) is 1. The minimum atomic E-state index is -0.642. The van der Waals surface area contributed by atoms with E-state index in [1.54, 1.807) is 0 Å². The first-order valence-corrected chi connectivity index (χ1v) is 7.24. The molecule has 0 spiro atoms. The van der Waals surface area contributed by atoms with Crippen molar-refractivity contribution < 1.29 is 9.84 Å². The largest absolute Gasteiger partial charge is 0.464 e. The van der Waals surface area contributed by atoms with Crippen LogP contribution in [0, 0.1) is 0 Å². The second kappa shape index (κ2) is 6.69. The molecule has 0 saturated heterocycles. The molecule has 0 aromatic carbocycles. The molecule has 0 radical (unpaired) electrons. The third-order valence-electron chi connectivity index (χ3n) is 3.33. The van der Waals surface area contributed by atoms with Crippen molar-refractivity contribution in [3.05, 3.63) is 0 Å². The third kappa shape index (κ3) is 3.93. The predicted octanol–water partition coefficient (Wildman–Crippen LogP) is 1.42. The van der Waals surface area contributed by atoms with Gasteiger partial charge in [0.2, 0.25) is 11.9 Å². The van der Waals surface area contributed by atoms with Crippen molar-refractivity contribution >= 4 is 11.9 Å². The SMILES string of the molecule is CCNc1nc(NCC2(O)CCCC2)nc(OCC)n1. The smallest absolute Gasteiger partial charge is 0.323 e. The Hall–Kier alpha value is -1.63. The molecule has 7 nitrogen and oxygen atoms in total. The van der Waals surface area contributed by atoms with E-state index in [9.17, 15) is 5.11 Å². The molecule has 0 bridgehead atoms. The fraction of sp³-hybridized carbons (Fsp3) is 0.769. The highest BCUT2D eigenvalue weighted by molar-refractivity contribution is 5.36. The minimum absolute atomic E-state index is 0.291. The van der Waals surface area contributed by atoms with Crippen molar-refractivity contribution in [1.82, 2.24) is 15.0 Å². The van der Waals surface area contributed by atoms with Gasteiger partial charge >= 0.3 is 6.01 Å². The summed E-state index contributed by atoms with van der Waals surface area (Å²) >= 11 is 0. The zero-order chi connectivity index (χ0) is 14.4. The first-order chi connectivity index (χ1) is 9.65. The Morgan fingerprint density at radius 1 is 1.10 bits per heavy atom. The van der Waals surface area contributed by atoms with Gasteiger partial charge in [0.1, 0.15) is 0 Å². The van der Waals surface area contributed by atoms with Gasteiger partial charge in [-0.3, -0.25) is 0 Å². The number of hydrogen-bond donors (Lipinski definition) is 3. The number of hydrogen-bond acceptors (Lipinski definition) is 7. The maximum absolute atomic E-state index is 10.3. The van der Waals surface area contributed by atoms with Crippen molar-refractivity contribution in [2.45, 2.75) is 45.1 Å². The summed E-state index contributed by atoms with van der Waals surface area (Å²) in [6, 6.07) is 0.291. The normalized spacial score (nSPS) is 16.9. The van der Waals surface area contributed by atoms with Gasteiger partial charge in [-0.05, 0) is 26.7 Å². The molecule has 0 unspecified atom stereocenters. The van der Waals surface area contributed by atoms with Gasteiger partial charge < -0.3 is 20.5 Å². The van der Waals surface area contributed by atoms with Gasteiger partial charge in [0.25, 0.3) is 0 Å². The van der Waals surface area contributed by atoms with Gasteiger partial charge in [-0.1, -0.05) is 12.8 Å². The third-order valence-corrected chi connectivity index (χ3v) is 3.33. The average molecular weight is 281 g/mol. The topological polar surface area (TPSA) is 92.2 Å². The lowest BCUT2D eigenvalue weighted by Gasteiger charge is -2.22. The van der Waals surface area contributed by atoms with Crippen LogP contribution in [0.1, 0.15) is 39.5 Å².